The Morgan fingerprint density at radius 3 is 2.56 bits per heavy atom. The van der Waals surface area contributed by atoms with Crippen molar-refractivity contribution in [2.75, 3.05) is 52.8 Å². The lowest BCUT2D eigenvalue weighted by molar-refractivity contribution is -0.175. The molecular formula is C39H60N6O5. The Bertz CT molecular complexity index is 1520. The van der Waals surface area contributed by atoms with Gasteiger partial charge in [0.1, 0.15) is 18.0 Å². The molecule has 11 nitrogen and oxygen atoms in total. The molecule has 11 heteroatoms. The molecule has 2 aliphatic heterocycles. The van der Waals surface area contributed by atoms with Crippen molar-refractivity contribution >= 4 is 11.6 Å². The molecule has 0 spiro atoms. The van der Waals surface area contributed by atoms with Crippen LogP contribution in [0.5, 0.6) is 5.75 Å². The predicted molar refractivity (Wildman–Crippen MR) is 196 cm³/mol. The number of hydroxylamine groups is 2. The summed E-state index contributed by atoms with van der Waals surface area (Å²) in [6.45, 7) is 11.0. The Hall–Kier alpha value is -2.77. The highest BCUT2D eigenvalue weighted by atomic mass is 16.7. The van der Waals surface area contributed by atoms with Gasteiger partial charge < -0.3 is 35.8 Å². The van der Waals surface area contributed by atoms with Crippen LogP contribution in [-0.4, -0.2) is 104 Å². The van der Waals surface area contributed by atoms with E-state index < -0.39 is 30.4 Å². The molecule has 50 heavy (non-hydrogen) atoms. The van der Waals surface area contributed by atoms with Gasteiger partial charge in [0.15, 0.2) is 0 Å². The molecule has 2 saturated heterocycles. The number of aliphatic hydroxyl groups excluding tert-OH is 2. The number of para-hydroxylation sites is 1. The second kappa shape index (κ2) is 14.7. The molecule has 10 atom stereocenters. The van der Waals surface area contributed by atoms with Crippen LogP contribution in [0.3, 0.4) is 0 Å². The third-order valence-electron chi connectivity index (χ3n) is 12.6. The summed E-state index contributed by atoms with van der Waals surface area (Å²) in [5.41, 5.74) is 10.8. The number of nitrogens with one attached hydrogen (secondary N) is 2. The molecule has 1 unspecified atom stereocenters. The van der Waals surface area contributed by atoms with Crippen molar-refractivity contribution in [1.82, 2.24) is 20.6 Å². The van der Waals surface area contributed by atoms with E-state index in [9.17, 15) is 15.0 Å². The minimum atomic E-state index is -0.828. The first kappa shape index (κ1) is 37.0. The third kappa shape index (κ3) is 7.02. The molecule has 3 saturated carbocycles. The second-order valence-corrected chi connectivity index (χ2v) is 16.3. The van der Waals surface area contributed by atoms with Gasteiger partial charge in [-0.3, -0.25) is 14.9 Å². The van der Waals surface area contributed by atoms with Gasteiger partial charge in [-0.2, -0.15) is 5.06 Å². The average Bonchev–Trinajstić information content (AvgIpc) is 3.67. The molecule has 276 valence electrons. The Morgan fingerprint density at radius 1 is 1.20 bits per heavy atom. The largest absolute Gasteiger partial charge is 0.496 e. The quantitative estimate of drug-likeness (QED) is 0.211. The van der Waals surface area contributed by atoms with Crippen LogP contribution in [0.4, 0.5) is 5.69 Å². The van der Waals surface area contributed by atoms with Crippen LogP contribution in [0, 0.1) is 29.1 Å². The molecule has 0 radical (unpaired) electrons. The number of carbonyl (C=O) groups is 1. The van der Waals surface area contributed by atoms with E-state index in [-0.39, 0.29) is 31.1 Å². The number of hydrogen-bond acceptors (Lipinski definition) is 10. The van der Waals surface area contributed by atoms with Crippen molar-refractivity contribution in [3.05, 3.63) is 47.5 Å². The maximum Gasteiger partial charge on any atom is 0.240 e. The smallest absolute Gasteiger partial charge is 0.240 e. The summed E-state index contributed by atoms with van der Waals surface area (Å²) in [6.07, 6.45) is 1.05. The first-order valence-corrected chi connectivity index (χ1v) is 18.5. The summed E-state index contributed by atoms with van der Waals surface area (Å²) in [6, 6.07) is 11.7. The molecule has 0 aromatic heterocycles. The number of carbonyl (C=O) groups excluding carboxylic acids is 1. The number of rotatable bonds is 12. The van der Waals surface area contributed by atoms with Crippen molar-refractivity contribution < 1.29 is 24.6 Å². The molecule has 3 aliphatic carbocycles. The van der Waals surface area contributed by atoms with Crippen molar-refractivity contribution in [3.8, 4) is 16.9 Å². The first-order valence-electron chi connectivity index (χ1n) is 18.5. The fourth-order valence-electron chi connectivity index (χ4n) is 9.47. The summed E-state index contributed by atoms with van der Waals surface area (Å²) in [4.78, 5) is 24.9. The number of benzene rings is 2. The number of hydrogen-bond donors (Lipinski definition) is 5. The molecule has 1 amide bonds. The van der Waals surface area contributed by atoms with E-state index in [1.165, 1.54) is 6.42 Å². The Balaban J connectivity index is 1.28. The molecular weight excluding hydrogens is 632 g/mol. The summed E-state index contributed by atoms with van der Waals surface area (Å²) in [7, 11) is 7.73. The maximum atomic E-state index is 14.3. The zero-order valence-corrected chi connectivity index (χ0v) is 31.2. The number of amides is 1. The molecule has 2 heterocycles. The molecule has 6 N–H and O–H groups in total. The predicted octanol–water partition coefficient (Wildman–Crippen LogP) is 3.34. The lowest BCUT2D eigenvalue weighted by atomic mass is 9.45. The number of anilines is 1. The monoisotopic (exact) mass is 692 g/mol. The zero-order valence-electron chi connectivity index (χ0n) is 31.2. The topological polar surface area (TPSA) is 136 Å². The Morgan fingerprint density at radius 2 is 1.96 bits per heavy atom. The van der Waals surface area contributed by atoms with Gasteiger partial charge in [-0.05, 0) is 92.3 Å². The van der Waals surface area contributed by atoms with Crippen LogP contribution in [0.1, 0.15) is 64.3 Å². The van der Waals surface area contributed by atoms with Gasteiger partial charge >= 0.3 is 0 Å². The van der Waals surface area contributed by atoms with E-state index >= 15 is 0 Å². The number of aliphatic hydroxyl groups is 2. The molecule has 2 aromatic rings. The van der Waals surface area contributed by atoms with E-state index in [1.54, 1.807) is 19.1 Å². The number of fused-ring (bicyclic) bond motifs is 2. The minimum Gasteiger partial charge on any atom is -0.496 e. The van der Waals surface area contributed by atoms with Crippen LogP contribution in [-0.2, 0) is 16.2 Å². The molecule has 7 rings (SSSR count). The van der Waals surface area contributed by atoms with Gasteiger partial charge in [0.2, 0.25) is 5.91 Å². The highest BCUT2D eigenvalue weighted by Gasteiger charge is 2.57. The van der Waals surface area contributed by atoms with Gasteiger partial charge in [0.25, 0.3) is 0 Å². The summed E-state index contributed by atoms with van der Waals surface area (Å²) >= 11 is 0. The van der Waals surface area contributed by atoms with Gasteiger partial charge in [-0.15, -0.1) is 0 Å². The second-order valence-electron chi connectivity index (χ2n) is 16.3. The van der Waals surface area contributed by atoms with Crippen molar-refractivity contribution in [1.29, 1.82) is 0 Å². The summed E-state index contributed by atoms with van der Waals surface area (Å²) < 4.78 is 6.10. The van der Waals surface area contributed by atoms with Crippen molar-refractivity contribution in [2.24, 2.45) is 34.8 Å². The maximum absolute atomic E-state index is 14.3. The molecule has 5 aliphatic rings. The van der Waals surface area contributed by atoms with E-state index in [2.05, 4.69) is 49.4 Å². The fourth-order valence-corrected chi connectivity index (χ4v) is 9.47. The average molecular weight is 693 g/mol. The van der Waals surface area contributed by atoms with Gasteiger partial charge in [0, 0.05) is 62.0 Å². The molecule has 2 aromatic carbocycles. The third-order valence-corrected chi connectivity index (χ3v) is 12.6. The zero-order chi connectivity index (χ0) is 36.1. The molecule has 2 bridgehead atoms. The number of likely N-dealkylation sites (tertiary alicyclic amines) is 1. The highest BCUT2D eigenvalue weighted by molar-refractivity contribution is 5.83. The Kier molecular flexibility index (Phi) is 10.9. The van der Waals surface area contributed by atoms with Crippen LogP contribution in [0.2, 0.25) is 0 Å². The van der Waals surface area contributed by atoms with Crippen LogP contribution < -0.4 is 26.0 Å². The fraction of sp³-hybridized carbons (Fsp3) is 0.667. The number of methoxy groups -OCH3 is 1. The van der Waals surface area contributed by atoms with E-state index in [0.29, 0.717) is 28.9 Å². The van der Waals surface area contributed by atoms with Gasteiger partial charge in [-0.25, -0.2) is 0 Å². The highest BCUT2D eigenvalue weighted by Crippen LogP contribution is 2.61. The van der Waals surface area contributed by atoms with E-state index in [1.807, 2.05) is 49.3 Å². The lowest BCUT2D eigenvalue weighted by Gasteiger charge is -2.62. The number of nitrogens with two attached hydrogens (primary N) is 1. The molecule has 5 fully saturated rings. The van der Waals surface area contributed by atoms with Crippen LogP contribution in [0.15, 0.2) is 36.4 Å². The van der Waals surface area contributed by atoms with Crippen LogP contribution in [0.25, 0.3) is 11.1 Å². The van der Waals surface area contributed by atoms with Gasteiger partial charge in [0.05, 0.1) is 25.9 Å². The van der Waals surface area contributed by atoms with E-state index in [4.69, 9.17) is 15.3 Å². The minimum absolute atomic E-state index is 0.0863. The summed E-state index contributed by atoms with van der Waals surface area (Å²) in [5, 5.41) is 30.8. The Labute approximate surface area is 298 Å². The van der Waals surface area contributed by atoms with E-state index in [0.717, 1.165) is 53.9 Å². The standard InChI is InChI=1S/C39H60N6O5/c1-22-31-17-27(39(31,3)4)18-32(22)42-38(48)35-34(23(2)46)33(19-40)50-45(35)20-24-10-9-11-30(36(24)49-8)25-14-26(16-29(15-25)43(5)6)37(47)41-28-12-13-44(7)21-28/h9-11,14-16,22-23,27-28,31-35,37,41,46-47H,12-13,17-21,40H2,1-8H3,(H,42,48)/t22-,23-,27+,28+,31-,32-,33-,34+,35-,37?/m0/s1. The van der Waals surface area contributed by atoms with Crippen molar-refractivity contribution in [3.63, 3.8) is 0 Å². The summed E-state index contributed by atoms with van der Waals surface area (Å²) in [5.74, 6) is 1.60. The SMILES string of the molecule is COc1c(CN2O[C@@H](CN)[C@@H]([C@H](C)O)[C@H]2C(=O)N[C@H]2C[C@H]3C[C@@H]([C@@H]2C)C3(C)C)cccc1-c1cc(C(O)N[C@@H]2CCN(C)C2)cc(N(C)C)c1. The van der Waals surface area contributed by atoms with Crippen LogP contribution >= 0.6 is 0 Å². The number of nitrogens with zero attached hydrogens (tertiary/aromatic N) is 3. The van der Waals surface area contributed by atoms with Gasteiger partial charge in [-0.1, -0.05) is 39.0 Å². The van der Waals surface area contributed by atoms with Crippen molar-refractivity contribution in [2.45, 2.75) is 90.1 Å². The lowest BCUT2D eigenvalue weighted by Crippen LogP contribution is -2.62. The normalized spacial score (nSPS) is 32.0. The number of ether oxygens (including phenoxy) is 1. The number of likely N-dealkylation sites (N-methyl/N-ethyl adjacent to an activating group) is 1. The first-order chi connectivity index (χ1) is 23.7.